The Hall–Kier alpha value is -4.61. The Morgan fingerprint density at radius 1 is 1.00 bits per heavy atom. The zero-order chi connectivity index (χ0) is 29.8. The molecule has 1 fully saturated rings. The summed E-state index contributed by atoms with van der Waals surface area (Å²) < 4.78 is 10.7. The third-order valence-corrected chi connectivity index (χ3v) is 7.57. The molecule has 2 heterocycles. The lowest BCUT2D eigenvalue weighted by Gasteiger charge is -2.30. The minimum absolute atomic E-state index is 0.00360. The first-order valence-corrected chi connectivity index (χ1v) is 13.7. The molecule has 220 valence electrons. The number of likely N-dealkylation sites (tertiary alicyclic amines) is 1. The number of amides is 3. The van der Waals surface area contributed by atoms with E-state index in [4.69, 9.17) is 9.47 Å². The summed E-state index contributed by atoms with van der Waals surface area (Å²) in [5.74, 6) is -0.709. The van der Waals surface area contributed by atoms with Crippen molar-refractivity contribution in [1.29, 1.82) is 0 Å². The largest absolute Gasteiger partial charge is 0.508 e. The van der Waals surface area contributed by atoms with E-state index in [2.05, 4.69) is 10.6 Å². The van der Waals surface area contributed by atoms with Gasteiger partial charge in [-0.25, -0.2) is 0 Å². The number of hydrogen-bond acceptors (Lipinski definition) is 8. The number of phenols is 1. The highest BCUT2D eigenvalue weighted by Gasteiger charge is 2.43. The van der Waals surface area contributed by atoms with Crippen LogP contribution < -0.4 is 20.1 Å². The van der Waals surface area contributed by atoms with E-state index in [1.165, 1.54) is 18.2 Å². The van der Waals surface area contributed by atoms with Crippen LogP contribution in [0, 0.1) is 6.92 Å². The molecule has 5 N–H and O–H groups in total. The second kappa shape index (κ2) is 12.5. The van der Waals surface area contributed by atoms with Crippen molar-refractivity contribution in [3.8, 4) is 17.2 Å². The van der Waals surface area contributed by atoms with Crippen LogP contribution in [0.4, 0.5) is 0 Å². The number of rotatable bonds is 9. The van der Waals surface area contributed by atoms with E-state index >= 15 is 0 Å². The van der Waals surface area contributed by atoms with Crippen LogP contribution in [0.25, 0.3) is 0 Å². The van der Waals surface area contributed by atoms with Gasteiger partial charge in [-0.05, 0) is 48.7 Å². The molecular formula is C31H33N3O8. The first-order valence-electron chi connectivity index (χ1n) is 13.7. The van der Waals surface area contributed by atoms with Gasteiger partial charge in [0.1, 0.15) is 11.8 Å². The van der Waals surface area contributed by atoms with Gasteiger partial charge in [-0.1, -0.05) is 42.5 Å². The van der Waals surface area contributed by atoms with E-state index in [0.29, 0.717) is 17.1 Å². The minimum Gasteiger partial charge on any atom is -0.508 e. The first-order chi connectivity index (χ1) is 20.2. The van der Waals surface area contributed by atoms with Crippen molar-refractivity contribution in [2.24, 2.45) is 0 Å². The summed E-state index contributed by atoms with van der Waals surface area (Å²) in [6.07, 6.45) is -2.56. The molecule has 4 unspecified atom stereocenters. The van der Waals surface area contributed by atoms with Crippen molar-refractivity contribution in [2.45, 2.75) is 50.6 Å². The van der Waals surface area contributed by atoms with Gasteiger partial charge in [0.2, 0.25) is 12.7 Å². The van der Waals surface area contributed by atoms with E-state index in [1.807, 2.05) is 18.2 Å². The highest BCUT2D eigenvalue weighted by molar-refractivity contribution is 5.97. The maximum absolute atomic E-state index is 13.6. The normalized spacial score (nSPS) is 18.8. The van der Waals surface area contributed by atoms with Crippen molar-refractivity contribution >= 4 is 17.7 Å². The molecule has 3 aromatic rings. The maximum Gasteiger partial charge on any atom is 0.254 e. The molecule has 3 amide bonds. The SMILES string of the molecule is Cc1c(O)cccc1C(=O)NC(Cc1ccccc1)C(O)C(=O)N1CC(O)CC1C(=O)NCc1ccc2c(c1)OCO2. The fourth-order valence-electron chi connectivity index (χ4n) is 5.23. The minimum atomic E-state index is -1.72. The maximum atomic E-state index is 13.6. The summed E-state index contributed by atoms with van der Waals surface area (Å²) in [6, 6.07) is 16.8. The molecule has 0 bridgehead atoms. The summed E-state index contributed by atoms with van der Waals surface area (Å²) in [6.45, 7) is 1.73. The third kappa shape index (κ3) is 6.32. The van der Waals surface area contributed by atoms with Crippen LogP contribution in [0.2, 0.25) is 0 Å². The zero-order valence-electron chi connectivity index (χ0n) is 23.0. The predicted molar refractivity (Wildman–Crippen MR) is 151 cm³/mol. The molecule has 0 spiro atoms. The number of carbonyl (C=O) groups is 3. The number of aliphatic hydroxyl groups is 2. The smallest absolute Gasteiger partial charge is 0.254 e. The van der Waals surface area contributed by atoms with Gasteiger partial charge >= 0.3 is 0 Å². The summed E-state index contributed by atoms with van der Waals surface area (Å²) in [7, 11) is 0. The second-order valence-corrected chi connectivity index (χ2v) is 10.5. The molecule has 11 nitrogen and oxygen atoms in total. The number of ether oxygens (including phenoxy) is 2. The first kappa shape index (κ1) is 28.9. The molecule has 3 aromatic carbocycles. The van der Waals surface area contributed by atoms with Crippen LogP contribution in [0.1, 0.15) is 33.5 Å². The van der Waals surface area contributed by atoms with Gasteiger partial charge < -0.3 is 40.3 Å². The summed E-state index contributed by atoms with van der Waals surface area (Å²) in [4.78, 5) is 41.2. The molecule has 0 aromatic heterocycles. The van der Waals surface area contributed by atoms with Gasteiger partial charge in [0.25, 0.3) is 11.8 Å². The van der Waals surface area contributed by atoms with Crippen LogP contribution in [0.3, 0.4) is 0 Å². The molecule has 11 heteroatoms. The number of nitrogens with zero attached hydrogens (tertiary/aromatic N) is 1. The lowest BCUT2D eigenvalue weighted by molar-refractivity contribution is -0.146. The fourth-order valence-corrected chi connectivity index (χ4v) is 5.23. The number of β-amino-alcohol motifs (C(OH)–C–C–N with tert-alkyl or cyclic N) is 1. The molecule has 5 rings (SSSR count). The second-order valence-electron chi connectivity index (χ2n) is 10.5. The highest BCUT2D eigenvalue weighted by Crippen LogP contribution is 2.32. The Kier molecular flexibility index (Phi) is 8.60. The van der Waals surface area contributed by atoms with Gasteiger partial charge in [0, 0.05) is 30.6 Å². The Morgan fingerprint density at radius 2 is 1.76 bits per heavy atom. The molecule has 0 aliphatic carbocycles. The number of aliphatic hydroxyl groups excluding tert-OH is 2. The van der Waals surface area contributed by atoms with Crippen molar-refractivity contribution in [2.75, 3.05) is 13.3 Å². The topological polar surface area (TPSA) is 158 Å². The monoisotopic (exact) mass is 575 g/mol. The number of nitrogens with one attached hydrogen (secondary N) is 2. The van der Waals surface area contributed by atoms with Crippen LogP contribution in [0.5, 0.6) is 17.2 Å². The molecule has 4 atom stereocenters. The Bertz CT molecular complexity index is 1460. The number of fused-ring (bicyclic) bond motifs is 1. The van der Waals surface area contributed by atoms with Gasteiger partial charge in [-0.3, -0.25) is 14.4 Å². The van der Waals surface area contributed by atoms with E-state index in [0.717, 1.165) is 16.0 Å². The van der Waals surface area contributed by atoms with Crippen molar-refractivity contribution in [3.63, 3.8) is 0 Å². The van der Waals surface area contributed by atoms with Crippen molar-refractivity contribution in [3.05, 3.63) is 89.0 Å². The van der Waals surface area contributed by atoms with Gasteiger partial charge in [0.15, 0.2) is 17.6 Å². The lowest BCUT2D eigenvalue weighted by atomic mass is 9.98. The van der Waals surface area contributed by atoms with Gasteiger partial charge in [-0.2, -0.15) is 0 Å². The quantitative estimate of drug-likeness (QED) is 0.256. The standard InChI is InChI=1S/C31H33N3O8/c1-18-22(8-5-9-25(18)36)29(38)33-23(12-19-6-3-2-4-7-19)28(37)31(40)34-16-21(35)14-24(34)30(39)32-15-20-10-11-26-27(13-20)42-17-41-26/h2-11,13,21,23-24,28,35-37H,12,14-17H2,1H3,(H,32,39)(H,33,38). The summed E-state index contributed by atoms with van der Waals surface area (Å²) in [5, 5.41) is 37.3. The lowest BCUT2D eigenvalue weighted by Crippen LogP contribution is -2.55. The predicted octanol–water partition coefficient (Wildman–Crippen LogP) is 1.41. The molecule has 2 aliphatic heterocycles. The van der Waals surface area contributed by atoms with Crippen LogP contribution in [0.15, 0.2) is 66.7 Å². The van der Waals surface area contributed by atoms with Gasteiger partial charge in [-0.15, -0.1) is 0 Å². The number of carbonyl (C=O) groups excluding carboxylic acids is 3. The molecule has 2 aliphatic rings. The Morgan fingerprint density at radius 3 is 2.55 bits per heavy atom. The van der Waals surface area contributed by atoms with Crippen LogP contribution in [-0.2, 0) is 22.6 Å². The Labute approximate surface area is 242 Å². The summed E-state index contributed by atoms with van der Waals surface area (Å²) >= 11 is 0. The van der Waals surface area contributed by atoms with Gasteiger partial charge in [0.05, 0.1) is 12.1 Å². The van der Waals surface area contributed by atoms with E-state index < -0.39 is 42.0 Å². The van der Waals surface area contributed by atoms with Crippen LogP contribution in [-0.4, -0.2) is 75.6 Å². The average Bonchev–Trinajstić information content (AvgIpc) is 3.62. The molecule has 0 radical (unpaired) electrons. The average molecular weight is 576 g/mol. The highest BCUT2D eigenvalue weighted by atomic mass is 16.7. The summed E-state index contributed by atoms with van der Waals surface area (Å²) in [5.41, 5.74) is 2.08. The van der Waals surface area contributed by atoms with Crippen molar-refractivity contribution in [1.82, 2.24) is 15.5 Å². The van der Waals surface area contributed by atoms with E-state index in [1.54, 1.807) is 37.3 Å². The van der Waals surface area contributed by atoms with E-state index in [-0.39, 0.29) is 44.0 Å². The molecule has 1 saturated heterocycles. The van der Waals surface area contributed by atoms with E-state index in [9.17, 15) is 29.7 Å². The molecular weight excluding hydrogens is 542 g/mol. The number of benzene rings is 3. The number of hydrogen-bond donors (Lipinski definition) is 5. The zero-order valence-corrected chi connectivity index (χ0v) is 23.0. The third-order valence-electron chi connectivity index (χ3n) is 7.57. The fraction of sp³-hybridized carbons (Fsp3) is 0.323. The molecule has 42 heavy (non-hydrogen) atoms. The number of aromatic hydroxyl groups is 1. The van der Waals surface area contributed by atoms with Crippen LogP contribution >= 0.6 is 0 Å². The molecule has 0 saturated carbocycles. The van der Waals surface area contributed by atoms with Crippen molar-refractivity contribution < 1.29 is 39.2 Å². The Balaban J connectivity index is 1.31. The number of phenolic OH excluding ortho intramolecular Hbond substituents is 1.